The van der Waals surface area contributed by atoms with E-state index in [4.69, 9.17) is 0 Å². The van der Waals surface area contributed by atoms with Gasteiger partial charge in [-0.3, -0.25) is 0 Å². The molecule has 2 aliphatic heterocycles. The first-order chi connectivity index (χ1) is 7.31. The van der Waals surface area contributed by atoms with Gasteiger partial charge in [0.15, 0.2) is 0 Å². The first kappa shape index (κ1) is 11.7. The van der Waals surface area contributed by atoms with E-state index in [0.717, 1.165) is 18.8 Å². The van der Waals surface area contributed by atoms with Gasteiger partial charge in [-0.05, 0) is 37.1 Å². The lowest BCUT2D eigenvalue weighted by atomic mass is 10.2. The van der Waals surface area contributed by atoms with Gasteiger partial charge in [0, 0.05) is 30.9 Å². The summed E-state index contributed by atoms with van der Waals surface area (Å²) in [5, 5.41) is 3.59. The number of halogens is 2. The standard InChI is InChI=1S/C12H15FN2.ClH/c13-9-1-5-12(6-2-9)15-7-10-3-4-11(8-15)14-10;/h1-2,5-6,10-11,14H,3-4,7-8H2;1H. The Morgan fingerprint density at radius 1 is 1.06 bits per heavy atom. The fourth-order valence-corrected chi connectivity index (χ4v) is 2.66. The van der Waals surface area contributed by atoms with E-state index in [2.05, 4.69) is 10.2 Å². The molecule has 88 valence electrons. The van der Waals surface area contributed by atoms with Crippen LogP contribution in [0, 0.1) is 5.82 Å². The Kier molecular flexibility index (Phi) is 3.36. The van der Waals surface area contributed by atoms with Crippen LogP contribution in [-0.4, -0.2) is 25.2 Å². The van der Waals surface area contributed by atoms with Crippen LogP contribution in [0.5, 0.6) is 0 Å². The third-order valence-electron chi connectivity index (χ3n) is 3.41. The van der Waals surface area contributed by atoms with Crippen molar-refractivity contribution < 1.29 is 4.39 Å². The zero-order valence-corrected chi connectivity index (χ0v) is 9.84. The molecule has 2 saturated heterocycles. The van der Waals surface area contributed by atoms with Crippen LogP contribution in [0.15, 0.2) is 24.3 Å². The van der Waals surface area contributed by atoms with Crippen molar-refractivity contribution in [3.05, 3.63) is 30.1 Å². The van der Waals surface area contributed by atoms with Crippen molar-refractivity contribution in [1.29, 1.82) is 0 Å². The molecule has 0 spiro atoms. The van der Waals surface area contributed by atoms with Gasteiger partial charge in [-0.1, -0.05) is 0 Å². The number of hydrogen-bond donors (Lipinski definition) is 1. The van der Waals surface area contributed by atoms with E-state index in [1.54, 1.807) is 12.1 Å². The van der Waals surface area contributed by atoms with Crippen LogP contribution in [0.3, 0.4) is 0 Å². The van der Waals surface area contributed by atoms with Crippen molar-refractivity contribution in [2.45, 2.75) is 24.9 Å². The van der Waals surface area contributed by atoms with Gasteiger partial charge >= 0.3 is 0 Å². The van der Waals surface area contributed by atoms with Gasteiger partial charge in [0.25, 0.3) is 0 Å². The highest BCUT2D eigenvalue weighted by molar-refractivity contribution is 5.85. The summed E-state index contributed by atoms with van der Waals surface area (Å²) in [6, 6.07) is 8.10. The van der Waals surface area contributed by atoms with Gasteiger partial charge in [-0.2, -0.15) is 0 Å². The maximum absolute atomic E-state index is 12.8. The zero-order chi connectivity index (χ0) is 10.3. The molecular weight excluding hydrogens is 227 g/mol. The van der Waals surface area contributed by atoms with Crippen LogP contribution in [0.2, 0.25) is 0 Å². The highest BCUT2D eigenvalue weighted by Gasteiger charge is 2.31. The summed E-state index contributed by atoms with van der Waals surface area (Å²) in [6.45, 7) is 2.12. The van der Waals surface area contributed by atoms with E-state index in [1.165, 1.54) is 12.8 Å². The minimum atomic E-state index is -0.156. The lowest BCUT2D eigenvalue weighted by Crippen LogP contribution is -2.51. The second kappa shape index (κ2) is 4.60. The van der Waals surface area contributed by atoms with E-state index in [-0.39, 0.29) is 18.2 Å². The predicted molar refractivity (Wildman–Crippen MR) is 65.8 cm³/mol. The molecule has 0 aromatic heterocycles. The summed E-state index contributed by atoms with van der Waals surface area (Å²) in [4.78, 5) is 2.36. The molecule has 1 aromatic carbocycles. The molecule has 2 bridgehead atoms. The van der Waals surface area contributed by atoms with Crippen LogP contribution in [0.4, 0.5) is 10.1 Å². The molecule has 2 unspecified atom stereocenters. The molecule has 2 aliphatic rings. The second-order valence-electron chi connectivity index (χ2n) is 4.52. The lowest BCUT2D eigenvalue weighted by Gasteiger charge is -2.34. The van der Waals surface area contributed by atoms with Crippen molar-refractivity contribution in [2.75, 3.05) is 18.0 Å². The topological polar surface area (TPSA) is 15.3 Å². The van der Waals surface area contributed by atoms with E-state index in [1.807, 2.05) is 12.1 Å². The number of piperazine rings is 1. The minimum Gasteiger partial charge on any atom is -0.368 e. The summed E-state index contributed by atoms with van der Waals surface area (Å²) >= 11 is 0. The van der Waals surface area contributed by atoms with Crippen LogP contribution in [0.1, 0.15) is 12.8 Å². The van der Waals surface area contributed by atoms with Crippen molar-refractivity contribution in [1.82, 2.24) is 5.32 Å². The maximum atomic E-state index is 12.8. The molecule has 1 aromatic rings. The Morgan fingerprint density at radius 2 is 1.62 bits per heavy atom. The average molecular weight is 243 g/mol. The van der Waals surface area contributed by atoms with Crippen molar-refractivity contribution in [3.8, 4) is 0 Å². The summed E-state index contributed by atoms with van der Waals surface area (Å²) in [5.74, 6) is -0.156. The SMILES string of the molecule is Cl.Fc1ccc(N2CC3CCC(C2)N3)cc1. The van der Waals surface area contributed by atoms with Crippen molar-refractivity contribution >= 4 is 18.1 Å². The van der Waals surface area contributed by atoms with Gasteiger partial charge in [0.2, 0.25) is 0 Å². The summed E-state index contributed by atoms with van der Waals surface area (Å²) in [7, 11) is 0. The highest BCUT2D eigenvalue weighted by atomic mass is 35.5. The quantitative estimate of drug-likeness (QED) is 0.812. The number of hydrogen-bond acceptors (Lipinski definition) is 2. The largest absolute Gasteiger partial charge is 0.368 e. The third kappa shape index (κ3) is 2.15. The number of anilines is 1. The molecule has 0 aliphatic carbocycles. The number of fused-ring (bicyclic) bond motifs is 2. The van der Waals surface area contributed by atoms with E-state index >= 15 is 0 Å². The van der Waals surface area contributed by atoms with E-state index in [9.17, 15) is 4.39 Å². The Hall–Kier alpha value is -0.800. The van der Waals surface area contributed by atoms with Crippen LogP contribution >= 0.6 is 12.4 Å². The molecule has 1 N–H and O–H groups in total. The smallest absolute Gasteiger partial charge is 0.123 e. The molecule has 16 heavy (non-hydrogen) atoms. The van der Waals surface area contributed by atoms with Crippen LogP contribution < -0.4 is 10.2 Å². The third-order valence-corrected chi connectivity index (χ3v) is 3.41. The number of nitrogens with one attached hydrogen (secondary N) is 1. The first-order valence-electron chi connectivity index (χ1n) is 5.58. The maximum Gasteiger partial charge on any atom is 0.123 e. The first-order valence-corrected chi connectivity index (χ1v) is 5.58. The minimum absolute atomic E-state index is 0. The van der Waals surface area contributed by atoms with Crippen molar-refractivity contribution in [2.24, 2.45) is 0 Å². The monoisotopic (exact) mass is 242 g/mol. The molecule has 3 rings (SSSR count). The molecular formula is C12H16ClFN2. The van der Waals surface area contributed by atoms with E-state index < -0.39 is 0 Å². The van der Waals surface area contributed by atoms with Gasteiger partial charge in [0.05, 0.1) is 0 Å². The van der Waals surface area contributed by atoms with Gasteiger partial charge in [-0.15, -0.1) is 12.4 Å². The molecule has 2 nitrogen and oxygen atoms in total. The summed E-state index contributed by atoms with van der Waals surface area (Å²) in [6.07, 6.45) is 2.56. The lowest BCUT2D eigenvalue weighted by molar-refractivity contribution is 0.465. The molecule has 0 saturated carbocycles. The number of nitrogens with zero attached hydrogens (tertiary/aromatic N) is 1. The second-order valence-corrected chi connectivity index (χ2v) is 4.52. The van der Waals surface area contributed by atoms with Crippen LogP contribution in [0.25, 0.3) is 0 Å². The summed E-state index contributed by atoms with van der Waals surface area (Å²) in [5.41, 5.74) is 1.15. The average Bonchev–Trinajstić information content (AvgIpc) is 2.59. The van der Waals surface area contributed by atoms with Gasteiger partial charge in [0.1, 0.15) is 5.82 Å². The number of benzene rings is 1. The molecule has 2 heterocycles. The highest BCUT2D eigenvalue weighted by Crippen LogP contribution is 2.25. The Morgan fingerprint density at radius 3 is 2.19 bits per heavy atom. The fourth-order valence-electron chi connectivity index (χ4n) is 2.66. The fraction of sp³-hybridized carbons (Fsp3) is 0.500. The summed E-state index contributed by atoms with van der Waals surface area (Å²) < 4.78 is 12.8. The molecule has 0 radical (unpaired) electrons. The van der Waals surface area contributed by atoms with Crippen molar-refractivity contribution in [3.63, 3.8) is 0 Å². The van der Waals surface area contributed by atoms with Gasteiger partial charge < -0.3 is 10.2 Å². The van der Waals surface area contributed by atoms with Gasteiger partial charge in [-0.25, -0.2) is 4.39 Å². The molecule has 2 fully saturated rings. The predicted octanol–water partition coefficient (Wildman–Crippen LogP) is 2.19. The Bertz CT molecular complexity index is 343. The Balaban J connectivity index is 0.000000963. The zero-order valence-electron chi connectivity index (χ0n) is 9.03. The number of rotatable bonds is 1. The molecule has 2 atom stereocenters. The van der Waals surface area contributed by atoms with E-state index in [0.29, 0.717) is 12.1 Å². The van der Waals surface area contributed by atoms with Crippen LogP contribution in [-0.2, 0) is 0 Å². The molecule has 0 amide bonds. The molecule has 4 heteroatoms. The Labute approximate surface area is 101 Å². The normalized spacial score (nSPS) is 27.7.